The van der Waals surface area contributed by atoms with Crippen molar-refractivity contribution < 1.29 is 9.47 Å². The summed E-state index contributed by atoms with van der Waals surface area (Å²) in [6.07, 6.45) is 12.6. The van der Waals surface area contributed by atoms with Gasteiger partial charge >= 0.3 is 0 Å². The Labute approximate surface area is 208 Å². The molecule has 0 saturated carbocycles. The number of nitrogens with zero attached hydrogens (tertiary/aromatic N) is 6. The maximum Gasteiger partial charge on any atom is 0.248 e. The Morgan fingerprint density at radius 1 is 1.06 bits per heavy atom. The van der Waals surface area contributed by atoms with Crippen molar-refractivity contribution in [2.75, 3.05) is 18.2 Å². The van der Waals surface area contributed by atoms with E-state index in [1.165, 1.54) is 17.1 Å². The topological polar surface area (TPSA) is 104 Å². The van der Waals surface area contributed by atoms with Crippen molar-refractivity contribution in [2.24, 2.45) is 5.73 Å². The third-order valence-corrected chi connectivity index (χ3v) is 6.61. The van der Waals surface area contributed by atoms with Crippen molar-refractivity contribution in [3.63, 3.8) is 0 Å². The van der Waals surface area contributed by atoms with Gasteiger partial charge in [-0.25, -0.2) is 4.98 Å². The summed E-state index contributed by atoms with van der Waals surface area (Å²) in [4.78, 5) is 15.4. The number of ether oxygens (including phenoxy) is 2. The molecular weight excluding hydrogens is 462 g/mol. The van der Waals surface area contributed by atoms with E-state index in [1.807, 2.05) is 36.7 Å². The van der Waals surface area contributed by atoms with Gasteiger partial charge in [0.2, 0.25) is 17.9 Å². The predicted octanol–water partition coefficient (Wildman–Crippen LogP) is 3.69. The highest BCUT2D eigenvalue weighted by atomic mass is 32.1. The zero-order valence-electron chi connectivity index (χ0n) is 19.2. The largest absolute Gasteiger partial charge is 0.462 e. The summed E-state index contributed by atoms with van der Waals surface area (Å²) in [5.41, 5.74) is 8.79. The lowest BCUT2D eigenvalue weighted by Crippen LogP contribution is -2.45. The smallest absolute Gasteiger partial charge is 0.248 e. The molecule has 4 heterocycles. The minimum Gasteiger partial charge on any atom is -0.462 e. The number of benzene rings is 1. The number of hydrogen-bond acceptors (Lipinski definition) is 9. The second-order valence-electron chi connectivity index (χ2n) is 8.59. The van der Waals surface area contributed by atoms with E-state index < -0.39 is 5.54 Å². The molecule has 0 amide bonds. The number of pyridine rings is 1. The molecule has 2 N–H and O–H groups in total. The van der Waals surface area contributed by atoms with E-state index >= 15 is 0 Å². The van der Waals surface area contributed by atoms with Crippen LogP contribution in [0, 0.1) is 0 Å². The standard InChI is InChI=1S/C25H27N7O2S/c26-25(14-22-17-33-19-34-22,13-20-5-2-1-3-6-20)8-11-31(16-21-7-4-9-27-15-21)24-29-23(30-35-24)32-12-10-28-18-32/h1-7,9-10,12,15,17-18H,8,11,13-14,16,19,26H2. The third kappa shape index (κ3) is 6.03. The number of imidazole rings is 1. The van der Waals surface area contributed by atoms with Gasteiger partial charge in [0, 0.05) is 61.4 Å². The van der Waals surface area contributed by atoms with Crippen LogP contribution in [0.5, 0.6) is 0 Å². The molecule has 1 unspecified atom stereocenters. The maximum atomic E-state index is 7.05. The summed E-state index contributed by atoms with van der Waals surface area (Å²) in [7, 11) is 0. The van der Waals surface area contributed by atoms with Crippen LogP contribution in [-0.2, 0) is 22.4 Å². The number of rotatable bonds is 11. The molecule has 0 saturated heterocycles. The summed E-state index contributed by atoms with van der Waals surface area (Å²) in [6.45, 7) is 1.58. The fourth-order valence-corrected chi connectivity index (χ4v) is 4.77. The summed E-state index contributed by atoms with van der Waals surface area (Å²) in [5.74, 6) is 1.38. The summed E-state index contributed by atoms with van der Waals surface area (Å²) in [6, 6.07) is 14.3. The van der Waals surface area contributed by atoms with Gasteiger partial charge in [0.05, 0.1) is 0 Å². The van der Waals surface area contributed by atoms with E-state index in [-0.39, 0.29) is 6.79 Å². The van der Waals surface area contributed by atoms with Crippen molar-refractivity contribution in [1.29, 1.82) is 0 Å². The van der Waals surface area contributed by atoms with Gasteiger partial charge in [-0.2, -0.15) is 9.36 Å². The molecular formula is C25H27N7O2S. The third-order valence-electron chi connectivity index (χ3n) is 5.84. The fraction of sp³-hybridized carbons (Fsp3) is 0.280. The molecule has 0 aliphatic carbocycles. The molecule has 9 nitrogen and oxygen atoms in total. The number of hydrogen-bond donors (Lipinski definition) is 1. The molecule has 35 heavy (non-hydrogen) atoms. The summed E-state index contributed by atoms with van der Waals surface area (Å²) >= 11 is 1.36. The van der Waals surface area contributed by atoms with E-state index in [9.17, 15) is 0 Å². The first kappa shape index (κ1) is 23.0. The second-order valence-corrected chi connectivity index (χ2v) is 9.32. The Balaban J connectivity index is 1.38. The Kier molecular flexibility index (Phi) is 7.01. The van der Waals surface area contributed by atoms with Crippen molar-refractivity contribution in [3.05, 3.63) is 96.7 Å². The fourth-order valence-electron chi connectivity index (χ4n) is 4.08. The molecule has 0 spiro atoms. The van der Waals surface area contributed by atoms with Crippen molar-refractivity contribution in [3.8, 4) is 5.95 Å². The molecule has 5 rings (SSSR count). The van der Waals surface area contributed by atoms with Crippen LogP contribution in [0.15, 0.2) is 85.6 Å². The van der Waals surface area contributed by atoms with E-state index in [0.717, 1.165) is 16.5 Å². The lowest BCUT2D eigenvalue weighted by atomic mass is 9.84. The van der Waals surface area contributed by atoms with Gasteiger partial charge in [0.25, 0.3) is 0 Å². The molecule has 1 atom stereocenters. The Bertz CT molecular complexity index is 1230. The highest BCUT2D eigenvalue weighted by molar-refractivity contribution is 7.09. The Morgan fingerprint density at radius 3 is 2.69 bits per heavy atom. The van der Waals surface area contributed by atoms with Crippen LogP contribution in [-0.4, -0.2) is 42.8 Å². The molecule has 3 aromatic heterocycles. The molecule has 0 fully saturated rings. The SMILES string of the molecule is NC(CCN(Cc1cccnc1)c1nc(-n2ccnc2)ns1)(CC1=COCO1)Cc1ccccc1. The van der Waals surface area contributed by atoms with E-state index in [0.29, 0.717) is 38.3 Å². The average Bonchev–Trinajstić information content (AvgIpc) is 3.66. The number of aromatic nitrogens is 5. The molecule has 4 aromatic rings. The lowest BCUT2D eigenvalue weighted by molar-refractivity contribution is 0.0741. The highest BCUT2D eigenvalue weighted by Gasteiger charge is 2.30. The van der Waals surface area contributed by atoms with Crippen LogP contribution >= 0.6 is 11.5 Å². The van der Waals surface area contributed by atoms with E-state index in [2.05, 4.69) is 37.4 Å². The van der Waals surface area contributed by atoms with E-state index in [4.69, 9.17) is 20.2 Å². The maximum absolute atomic E-state index is 7.05. The first-order chi connectivity index (χ1) is 17.2. The zero-order chi connectivity index (χ0) is 23.9. The van der Waals surface area contributed by atoms with Crippen molar-refractivity contribution >= 4 is 16.7 Å². The quantitative estimate of drug-likeness (QED) is 0.340. The van der Waals surface area contributed by atoms with Gasteiger partial charge in [-0.3, -0.25) is 9.55 Å². The minimum absolute atomic E-state index is 0.242. The van der Waals surface area contributed by atoms with Crippen molar-refractivity contribution in [1.82, 2.24) is 23.9 Å². The van der Waals surface area contributed by atoms with Crippen LogP contribution in [0.25, 0.3) is 5.95 Å². The summed E-state index contributed by atoms with van der Waals surface area (Å²) in [5, 5.41) is 0.819. The van der Waals surface area contributed by atoms with Crippen LogP contribution in [0.1, 0.15) is 24.0 Å². The molecule has 0 radical (unpaired) electrons. The van der Waals surface area contributed by atoms with Crippen LogP contribution in [0.3, 0.4) is 0 Å². The van der Waals surface area contributed by atoms with Gasteiger partial charge in [0.1, 0.15) is 18.3 Å². The zero-order valence-corrected chi connectivity index (χ0v) is 20.1. The highest BCUT2D eigenvalue weighted by Crippen LogP contribution is 2.28. The first-order valence-electron chi connectivity index (χ1n) is 11.4. The van der Waals surface area contributed by atoms with Gasteiger partial charge in [-0.05, 0) is 30.0 Å². The van der Waals surface area contributed by atoms with Crippen LogP contribution in [0.4, 0.5) is 5.13 Å². The predicted molar refractivity (Wildman–Crippen MR) is 134 cm³/mol. The molecule has 180 valence electrons. The average molecular weight is 490 g/mol. The van der Waals surface area contributed by atoms with E-state index in [1.54, 1.807) is 29.6 Å². The van der Waals surface area contributed by atoms with Gasteiger partial charge in [0.15, 0.2) is 0 Å². The normalized spacial score (nSPS) is 14.6. The first-order valence-corrected chi connectivity index (χ1v) is 12.2. The second kappa shape index (κ2) is 10.7. The molecule has 0 bridgehead atoms. The molecule has 1 aromatic carbocycles. The van der Waals surface area contributed by atoms with Gasteiger partial charge in [-0.1, -0.05) is 36.4 Å². The molecule has 10 heteroatoms. The van der Waals surface area contributed by atoms with Crippen LogP contribution in [0.2, 0.25) is 0 Å². The monoisotopic (exact) mass is 489 g/mol. The lowest BCUT2D eigenvalue weighted by Gasteiger charge is -2.32. The molecule has 1 aliphatic rings. The Hall–Kier alpha value is -3.76. The van der Waals surface area contributed by atoms with Gasteiger partial charge in [-0.15, -0.1) is 0 Å². The van der Waals surface area contributed by atoms with Gasteiger partial charge < -0.3 is 20.1 Å². The number of anilines is 1. The van der Waals surface area contributed by atoms with Crippen LogP contribution < -0.4 is 10.6 Å². The Morgan fingerprint density at radius 2 is 1.94 bits per heavy atom. The minimum atomic E-state index is -0.536. The summed E-state index contributed by atoms with van der Waals surface area (Å²) < 4.78 is 17.2. The van der Waals surface area contributed by atoms with Crippen molar-refractivity contribution in [2.45, 2.75) is 31.3 Å². The number of nitrogens with two attached hydrogens (primary N) is 1. The molecule has 1 aliphatic heterocycles.